The molecule has 0 saturated carbocycles. The van der Waals surface area contributed by atoms with E-state index in [9.17, 15) is 14.3 Å². The molecule has 164 valence electrons. The van der Waals surface area contributed by atoms with Crippen LogP contribution < -0.4 is 4.74 Å². The smallest absolute Gasteiger partial charge is 0.259 e. The summed E-state index contributed by atoms with van der Waals surface area (Å²) >= 11 is 0. The lowest BCUT2D eigenvalue weighted by molar-refractivity contribution is 0.0348. The van der Waals surface area contributed by atoms with Gasteiger partial charge in [0.05, 0.1) is 12.6 Å². The van der Waals surface area contributed by atoms with Crippen LogP contribution in [0.2, 0.25) is 0 Å². The number of ether oxygens (including phenoxy) is 1. The number of fused-ring (bicyclic) bond motifs is 1. The quantitative estimate of drug-likeness (QED) is 0.762. The first kappa shape index (κ1) is 22.7. The van der Waals surface area contributed by atoms with Crippen molar-refractivity contribution < 1.29 is 19.0 Å². The number of hydrogen-bond acceptors (Lipinski definition) is 5. The minimum absolute atomic E-state index is 0.0493. The Kier molecular flexibility index (Phi) is 7.26. The van der Waals surface area contributed by atoms with Crippen LogP contribution in [0.25, 0.3) is 0 Å². The summed E-state index contributed by atoms with van der Waals surface area (Å²) < 4.78 is 19.3. The van der Waals surface area contributed by atoms with Crippen molar-refractivity contribution in [3.63, 3.8) is 0 Å². The molecule has 0 spiro atoms. The van der Waals surface area contributed by atoms with Crippen LogP contribution in [0.3, 0.4) is 0 Å². The molecule has 1 aliphatic rings. The first-order chi connectivity index (χ1) is 14.8. The summed E-state index contributed by atoms with van der Waals surface area (Å²) in [5, 5.41) is 9.70. The summed E-state index contributed by atoms with van der Waals surface area (Å²) in [6, 6.07) is 7.21. The molecule has 31 heavy (non-hydrogen) atoms. The average molecular weight is 426 g/mol. The number of aromatic nitrogens is 1. The third-order valence-electron chi connectivity index (χ3n) is 5.26. The second kappa shape index (κ2) is 9.90. The number of pyridine rings is 1. The van der Waals surface area contributed by atoms with Crippen molar-refractivity contribution >= 4 is 5.91 Å². The van der Waals surface area contributed by atoms with Crippen LogP contribution in [0.15, 0.2) is 36.5 Å². The molecule has 0 bridgehead atoms. The number of likely N-dealkylation sites (N-methyl/N-ethyl adjacent to an activating group) is 1. The number of benzene rings is 1. The van der Waals surface area contributed by atoms with Gasteiger partial charge < -0.3 is 19.6 Å². The number of carbonyl (C=O) groups excluding carboxylic acids is 1. The van der Waals surface area contributed by atoms with Crippen LogP contribution in [-0.2, 0) is 0 Å². The Bertz CT molecular complexity index is 982. The molecular formula is C24H28FN3O3. The molecule has 3 atom stereocenters. The molecule has 1 aromatic carbocycles. The van der Waals surface area contributed by atoms with Crippen LogP contribution in [0, 0.1) is 23.6 Å². The number of rotatable bonds is 4. The molecule has 2 aromatic rings. The lowest BCUT2D eigenvalue weighted by Gasteiger charge is -2.37. The molecule has 1 aliphatic heterocycles. The van der Waals surface area contributed by atoms with Gasteiger partial charge in [0.25, 0.3) is 5.91 Å². The Labute approximate surface area is 182 Å². The van der Waals surface area contributed by atoms with E-state index in [1.54, 1.807) is 29.3 Å². The van der Waals surface area contributed by atoms with E-state index in [4.69, 9.17) is 4.74 Å². The lowest BCUT2D eigenvalue weighted by Crippen LogP contribution is -2.49. The SMILES string of the molecule is C[C@H]1CN([C@@H](C)CO)C(=O)c2cc(C#Cc3ccc(F)cc3)cnc2O[C@@H]1CN(C)C. The fourth-order valence-corrected chi connectivity index (χ4v) is 3.43. The van der Waals surface area contributed by atoms with Crippen molar-refractivity contribution in [3.8, 4) is 17.7 Å². The van der Waals surface area contributed by atoms with Gasteiger partial charge in [-0.15, -0.1) is 0 Å². The predicted molar refractivity (Wildman–Crippen MR) is 116 cm³/mol. The van der Waals surface area contributed by atoms with E-state index in [0.717, 1.165) is 0 Å². The van der Waals surface area contributed by atoms with Crippen LogP contribution in [-0.4, -0.2) is 71.7 Å². The molecule has 0 saturated heterocycles. The number of carbonyl (C=O) groups is 1. The first-order valence-electron chi connectivity index (χ1n) is 10.3. The van der Waals surface area contributed by atoms with E-state index in [-0.39, 0.29) is 42.3 Å². The van der Waals surface area contributed by atoms with Gasteiger partial charge in [0.15, 0.2) is 0 Å². The zero-order valence-corrected chi connectivity index (χ0v) is 18.3. The highest BCUT2D eigenvalue weighted by molar-refractivity contribution is 5.97. The summed E-state index contributed by atoms with van der Waals surface area (Å²) in [5.74, 6) is 5.68. The van der Waals surface area contributed by atoms with E-state index in [1.807, 2.05) is 32.8 Å². The summed E-state index contributed by atoms with van der Waals surface area (Å²) in [7, 11) is 3.94. The minimum atomic E-state index is -0.338. The second-order valence-electron chi connectivity index (χ2n) is 8.22. The molecule has 1 N–H and O–H groups in total. The maximum atomic E-state index is 13.3. The Morgan fingerprint density at radius 2 is 1.97 bits per heavy atom. The Morgan fingerprint density at radius 1 is 1.29 bits per heavy atom. The standard InChI is InChI=1S/C24H28FN3O3/c1-16-13-28(17(2)15-29)24(30)21-11-19(6-5-18-7-9-20(25)10-8-18)12-26-23(21)31-22(16)14-27(3)4/h7-12,16-17,22,29H,13-15H2,1-4H3/t16-,17-,22+/m0/s1. The van der Waals surface area contributed by atoms with Crippen LogP contribution in [0.1, 0.15) is 35.3 Å². The number of halogens is 1. The van der Waals surface area contributed by atoms with Crippen molar-refractivity contribution in [3.05, 3.63) is 59.0 Å². The highest BCUT2D eigenvalue weighted by Crippen LogP contribution is 2.27. The Hall–Kier alpha value is -2.95. The molecular weight excluding hydrogens is 397 g/mol. The maximum absolute atomic E-state index is 13.3. The number of aliphatic hydroxyl groups is 1. The van der Waals surface area contributed by atoms with E-state index in [1.165, 1.54) is 12.1 Å². The summed E-state index contributed by atoms with van der Waals surface area (Å²) in [6.45, 7) is 4.85. The molecule has 1 amide bonds. The van der Waals surface area contributed by atoms with Gasteiger partial charge in [-0.2, -0.15) is 0 Å². The zero-order chi connectivity index (χ0) is 22.5. The monoisotopic (exact) mass is 425 g/mol. The third-order valence-corrected chi connectivity index (χ3v) is 5.26. The Balaban J connectivity index is 1.99. The second-order valence-corrected chi connectivity index (χ2v) is 8.22. The Morgan fingerprint density at radius 3 is 2.61 bits per heavy atom. The topological polar surface area (TPSA) is 65.9 Å². The molecule has 0 aliphatic carbocycles. The first-order valence-corrected chi connectivity index (χ1v) is 10.3. The molecule has 0 radical (unpaired) electrons. The molecule has 0 fully saturated rings. The number of nitrogens with zero attached hydrogens (tertiary/aromatic N) is 3. The van der Waals surface area contributed by atoms with E-state index >= 15 is 0 Å². The van der Waals surface area contributed by atoms with Crippen molar-refractivity contribution in [1.82, 2.24) is 14.8 Å². The van der Waals surface area contributed by atoms with Gasteiger partial charge in [0, 0.05) is 36.3 Å². The maximum Gasteiger partial charge on any atom is 0.259 e. The minimum Gasteiger partial charge on any atom is -0.472 e. The van der Waals surface area contributed by atoms with Crippen molar-refractivity contribution in [2.75, 3.05) is 33.8 Å². The fourth-order valence-electron chi connectivity index (χ4n) is 3.43. The predicted octanol–water partition coefficient (Wildman–Crippen LogP) is 2.40. The third kappa shape index (κ3) is 5.60. The fraction of sp³-hybridized carbons (Fsp3) is 0.417. The summed E-state index contributed by atoms with van der Waals surface area (Å²) in [5.41, 5.74) is 1.53. The van der Waals surface area contributed by atoms with Gasteiger partial charge in [0.2, 0.25) is 5.88 Å². The molecule has 0 unspecified atom stereocenters. The van der Waals surface area contributed by atoms with Gasteiger partial charge >= 0.3 is 0 Å². The molecule has 7 heteroatoms. The molecule has 2 heterocycles. The number of amides is 1. The molecule has 3 rings (SSSR count). The lowest BCUT2D eigenvalue weighted by atomic mass is 10.00. The van der Waals surface area contributed by atoms with E-state index in [2.05, 4.69) is 16.8 Å². The van der Waals surface area contributed by atoms with Crippen molar-refractivity contribution in [2.24, 2.45) is 5.92 Å². The van der Waals surface area contributed by atoms with E-state index < -0.39 is 0 Å². The van der Waals surface area contributed by atoms with Crippen LogP contribution >= 0.6 is 0 Å². The van der Waals surface area contributed by atoms with Crippen LogP contribution in [0.5, 0.6) is 5.88 Å². The van der Waals surface area contributed by atoms with Crippen molar-refractivity contribution in [2.45, 2.75) is 26.0 Å². The number of hydrogen-bond donors (Lipinski definition) is 1. The highest BCUT2D eigenvalue weighted by atomic mass is 19.1. The summed E-state index contributed by atoms with van der Waals surface area (Å²) in [4.78, 5) is 21.4. The molecule has 6 nitrogen and oxygen atoms in total. The highest BCUT2D eigenvalue weighted by Gasteiger charge is 2.33. The van der Waals surface area contributed by atoms with Gasteiger partial charge in [-0.1, -0.05) is 18.8 Å². The van der Waals surface area contributed by atoms with Gasteiger partial charge in [-0.05, 0) is 51.4 Å². The van der Waals surface area contributed by atoms with Gasteiger partial charge in [-0.25, -0.2) is 9.37 Å². The van der Waals surface area contributed by atoms with Crippen molar-refractivity contribution in [1.29, 1.82) is 0 Å². The van der Waals surface area contributed by atoms with E-state index in [0.29, 0.717) is 29.8 Å². The normalized spacial score (nSPS) is 19.6. The summed E-state index contributed by atoms with van der Waals surface area (Å²) in [6.07, 6.45) is 1.40. The zero-order valence-electron chi connectivity index (χ0n) is 18.3. The number of aliphatic hydroxyl groups excluding tert-OH is 1. The van der Waals surface area contributed by atoms with Crippen LogP contribution in [0.4, 0.5) is 4.39 Å². The van der Waals surface area contributed by atoms with Gasteiger partial charge in [-0.3, -0.25) is 4.79 Å². The average Bonchev–Trinajstić information content (AvgIpc) is 2.75. The van der Waals surface area contributed by atoms with Gasteiger partial charge in [0.1, 0.15) is 17.5 Å². The largest absolute Gasteiger partial charge is 0.472 e. The molecule has 1 aromatic heterocycles.